The van der Waals surface area contributed by atoms with Gasteiger partial charge >= 0.3 is 0 Å². The fraction of sp³-hybridized carbons (Fsp3) is 0.692. The Labute approximate surface area is 113 Å². The van der Waals surface area contributed by atoms with Gasteiger partial charge in [-0.15, -0.1) is 0 Å². The molecule has 1 aromatic rings. The molecule has 6 nitrogen and oxygen atoms in total. The number of hydrogen-bond donors (Lipinski definition) is 1. The Morgan fingerprint density at radius 3 is 2.58 bits per heavy atom. The predicted octanol–water partition coefficient (Wildman–Crippen LogP) is 1.15. The molecule has 2 unspecified atom stereocenters. The lowest BCUT2D eigenvalue weighted by molar-refractivity contribution is 0.0830. The summed E-state index contributed by atoms with van der Waals surface area (Å²) in [7, 11) is 3.18. The van der Waals surface area contributed by atoms with Gasteiger partial charge in [-0.1, -0.05) is 0 Å². The third-order valence-corrected chi connectivity index (χ3v) is 3.38. The molecule has 0 radical (unpaired) electrons. The summed E-state index contributed by atoms with van der Waals surface area (Å²) in [6, 6.07) is 0.275. The lowest BCUT2D eigenvalue weighted by Crippen LogP contribution is -2.36. The smallest absolute Gasteiger partial charge is 0.224 e. The van der Waals surface area contributed by atoms with Gasteiger partial charge in [-0.3, -0.25) is 0 Å². The van der Waals surface area contributed by atoms with Crippen LogP contribution in [0, 0.1) is 0 Å². The van der Waals surface area contributed by atoms with E-state index >= 15 is 0 Å². The first-order valence-corrected chi connectivity index (χ1v) is 6.53. The molecule has 0 aliphatic carbocycles. The molecule has 106 valence electrons. The highest BCUT2D eigenvalue weighted by atomic mass is 16.5. The summed E-state index contributed by atoms with van der Waals surface area (Å²) in [5, 5.41) is 3.43. The van der Waals surface area contributed by atoms with Crippen LogP contribution in [0.15, 0.2) is 6.33 Å². The van der Waals surface area contributed by atoms with Crippen molar-refractivity contribution in [1.82, 2.24) is 15.3 Å². The molecule has 1 aliphatic rings. The largest absolute Gasteiger partial charge is 0.481 e. The fourth-order valence-corrected chi connectivity index (χ4v) is 2.28. The maximum atomic E-state index is 5.66. The second kappa shape index (κ2) is 6.68. The van der Waals surface area contributed by atoms with Crippen LogP contribution in [0.2, 0.25) is 0 Å². The van der Waals surface area contributed by atoms with Crippen LogP contribution in [-0.2, 0) is 11.3 Å². The maximum Gasteiger partial charge on any atom is 0.224 e. The van der Waals surface area contributed by atoms with Gasteiger partial charge < -0.3 is 19.5 Å². The van der Waals surface area contributed by atoms with E-state index < -0.39 is 0 Å². The first-order chi connectivity index (χ1) is 9.26. The molecule has 0 saturated carbocycles. The van der Waals surface area contributed by atoms with E-state index in [-0.39, 0.29) is 12.1 Å². The molecule has 1 aromatic heterocycles. The van der Waals surface area contributed by atoms with Gasteiger partial charge in [0.15, 0.2) is 0 Å². The molecular weight excluding hydrogens is 246 g/mol. The van der Waals surface area contributed by atoms with E-state index in [0.29, 0.717) is 18.3 Å². The molecule has 0 amide bonds. The molecule has 2 heterocycles. The van der Waals surface area contributed by atoms with Gasteiger partial charge in [0.25, 0.3) is 0 Å². The van der Waals surface area contributed by atoms with Gasteiger partial charge in [0.1, 0.15) is 6.33 Å². The third-order valence-electron chi connectivity index (χ3n) is 3.38. The van der Waals surface area contributed by atoms with Crippen molar-refractivity contribution < 1.29 is 14.2 Å². The average molecular weight is 267 g/mol. The van der Waals surface area contributed by atoms with Crippen LogP contribution in [0.3, 0.4) is 0 Å². The topological polar surface area (TPSA) is 65.5 Å². The van der Waals surface area contributed by atoms with Crippen molar-refractivity contribution in [3.63, 3.8) is 0 Å². The number of aromatic nitrogens is 2. The Balaban J connectivity index is 2.01. The van der Waals surface area contributed by atoms with Crippen LogP contribution < -0.4 is 14.8 Å². The van der Waals surface area contributed by atoms with Crippen molar-refractivity contribution in [1.29, 1.82) is 0 Å². The van der Waals surface area contributed by atoms with E-state index in [4.69, 9.17) is 14.2 Å². The summed E-state index contributed by atoms with van der Waals surface area (Å²) in [6.45, 7) is 3.57. The molecule has 1 fully saturated rings. The summed E-state index contributed by atoms with van der Waals surface area (Å²) in [5.41, 5.74) is 0.831. The zero-order chi connectivity index (χ0) is 13.7. The molecule has 1 aliphatic heterocycles. The van der Waals surface area contributed by atoms with E-state index in [1.807, 2.05) is 0 Å². The second-order valence-corrected chi connectivity index (χ2v) is 4.59. The molecule has 1 saturated heterocycles. The number of nitrogens with one attached hydrogen (secondary N) is 1. The van der Waals surface area contributed by atoms with E-state index in [1.165, 1.54) is 6.33 Å². The summed E-state index contributed by atoms with van der Waals surface area (Å²) in [5.74, 6) is 1.08. The van der Waals surface area contributed by atoms with Gasteiger partial charge in [-0.2, -0.15) is 0 Å². The second-order valence-electron chi connectivity index (χ2n) is 4.59. The van der Waals surface area contributed by atoms with Crippen LogP contribution >= 0.6 is 0 Å². The molecule has 6 heteroatoms. The highest BCUT2D eigenvalue weighted by molar-refractivity contribution is 5.34. The summed E-state index contributed by atoms with van der Waals surface area (Å²) >= 11 is 0. The molecule has 1 N–H and O–H groups in total. The fourth-order valence-electron chi connectivity index (χ4n) is 2.28. The standard InChI is InChI=1S/C13H21N3O3/c1-9(11-5-4-6-19-11)14-7-10-12(17-2)15-8-16-13(10)18-3/h8-9,11,14H,4-7H2,1-3H3. The Morgan fingerprint density at radius 1 is 1.37 bits per heavy atom. The number of hydrogen-bond acceptors (Lipinski definition) is 6. The minimum absolute atomic E-state index is 0.275. The van der Waals surface area contributed by atoms with Gasteiger partial charge in [-0.05, 0) is 19.8 Å². The zero-order valence-corrected chi connectivity index (χ0v) is 11.7. The third kappa shape index (κ3) is 3.33. The zero-order valence-electron chi connectivity index (χ0n) is 11.7. The van der Waals surface area contributed by atoms with Crippen molar-refractivity contribution in [2.75, 3.05) is 20.8 Å². The highest BCUT2D eigenvalue weighted by Crippen LogP contribution is 2.23. The predicted molar refractivity (Wildman–Crippen MR) is 70.4 cm³/mol. The average Bonchev–Trinajstić information content (AvgIpc) is 2.98. The lowest BCUT2D eigenvalue weighted by Gasteiger charge is -2.20. The quantitative estimate of drug-likeness (QED) is 0.834. The van der Waals surface area contributed by atoms with Crippen LogP contribution in [-0.4, -0.2) is 42.9 Å². The Bertz CT molecular complexity index is 386. The molecule has 19 heavy (non-hydrogen) atoms. The van der Waals surface area contributed by atoms with E-state index in [9.17, 15) is 0 Å². The number of rotatable bonds is 6. The minimum atomic E-state index is 0.275. The molecule has 0 bridgehead atoms. The Morgan fingerprint density at radius 2 is 2.05 bits per heavy atom. The summed E-state index contributed by atoms with van der Waals surface area (Å²) < 4.78 is 16.1. The first kappa shape index (κ1) is 14.0. The minimum Gasteiger partial charge on any atom is -0.481 e. The Hall–Kier alpha value is -1.40. The van der Waals surface area contributed by atoms with Crippen molar-refractivity contribution in [2.45, 2.75) is 38.5 Å². The van der Waals surface area contributed by atoms with Crippen molar-refractivity contribution in [2.24, 2.45) is 0 Å². The maximum absolute atomic E-state index is 5.66. The van der Waals surface area contributed by atoms with E-state index in [1.54, 1.807) is 14.2 Å². The molecular formula is C13H21N3O3. The number of methoxy groups -OCH3 is 2. The highest BCUT2D eigenvalue weighted by Gasteiger charge is 2.23. The monoisotopic (exact) mass is 267 g/mol. The van der Waals surface area contributed by atoms with E-state index in [2.05, 4.69) is 22.2 Å². The van der Waals surface area contributed by atoms with Gasteiger partial charge in [-0.25, -0.2) is 9.97 Å². The van der Waals surface area contributed by atoms with Gasteiger partial charge in [0.2, 0.25) is 11.8 Å². The lowest BCUT2D eigenvalue weighted by atomic mass is 10.1. The number of nitrogens with zero attached hydrogens (tertiary/aromatic N) is 2. The summed E-state index contributed by atoms with van der Waals surface area (Å²) in [6.07, 6.45) is 3.96. The SMILES string of the molecule is COc1ncnc(OC)c1CNC(C)C1CCCO1. The molecule has 0 spiro atoms. The molecule has 2 rings (SSSR count). The van der Waals surface area contributed by atoms with Gasteiger partial charge in [0, 0.05) is 19.2 Å². The Kier molecular flexibility index (Phi) is 4.93. The van der Waals surface area contributed by atoms with Crippen molar-refractivity contribution >= 4 is 0 Å². The van der Waals surface area contributed by atoms with Crippen LogP contribution in [0.25, 0.3) is 0 Å². The normalized spacial score (nSPS) is 20.3. The van der Waals surface area contributed by atoms with Crippen LogP contribution in [0.1, 0.15) is 25.3 Å². The van der Waals surface area contributed by atoms with Crippen LogP contribution in [0.5, 0.6) is 11.8 Å². The summed E-state index contributed by atoms with van der Waals surface area (Å²) in [4.78, 5) is 8.19. The van der Waals surface area contributed by atoms with E-state index in [0.717, 1.165) is 25.0 Å². The van der Waals surface area contributed by atoms with Crippen LogP contribution in [0.4, 0.5) is 0 Å². The molecule has 2 atom stereocenters. The van der Waals surface area contributed by atoms with Crippen molar-refractivity contribution in [3.8, 4) is 11.8 Å². The van der Waals surface area contributed by atoms with Crippen molar-refractivity contribution in [3.05, 3.63) is 11.9 Å². The first-order valence-electron chi connectivity index (χ1n) is 6.53. The van der Waals surface area contributed by atoms with Gasteiger partial charge in [0.05, 0.1) is 25.9 Å². The molecule has 0 aromatic carbocycles. The number of ether oxygens (including phenoxy) is 3.